The van der Waals surface area contributed by atoms with E-state index in [0.29, 0.717) is 23.0 Å². The molecule has 6 heteroatoms. The fraction of sp³-hybridized carbons (Fsp3) is 0.500. The molecule has 0 aliphatic carbocycles. The SMILES string of the molecule is CC(Cc1ccc(Cl)cc1Cl)C(=O)NCC(C)(C)N.Cl. The molecule has 3 nitrogen and oxygen atoms in total. The second-order valence-electron chi connectivity index (χ2n) is 5.55. The zero-order valence-corrected chi connectivity index (χ0v) is 14.2. The van der Waals surface area contributed by atoms with Crippen LogP contribution in [0, 0.1) is 5.92 Å². The molecule has 1 unspecified atom stereocenters. The summed E-state index contributed by atoms with van der Waals surface area (Å²) in [6.07, 6.45) is 0.576. The van der Waals surface area contributed by atoms with Crippen LogP contribution < -0.4 is 11.1 Å². The van der Waals surface area contributed by atoms with E-state index in [1.54, 1.807) is 12.1 Å². The highest BCUT2D eigenvalue weighted by Gasteiger charge is 2.18. The van der Waals surface area contributed by atoms with Crippen LogP contribution in [0.4, 0.5) is 0 Å². The zero-order valence-electron chi connectivity index (χ0n) is 11.9. The van der Waals surface area contributed by atoms with Gasteiger partial charge in [0.15, 0.2) is 0 Å². The van der Waals surface area contributed by atoms with E-state index in [1.807, 2.05) is 26.8 Å². The van der Waals surface area contributed by atoms with Gasteiger partial charge in [-0.05, 0) is 38.0 Å². The molecule has 3 N–H and O–H groups in total. The summed E-state index contributed by atoms with van der Waals surface area (Å²) in [6.45, 7) is 6.05. The predicted molar refractivity (Wildman–Crippen MR) is 87.9 cm³/mol. The molecule has 20 heavy (non-hydrogen) atoms. The maximum atomic E-state index is 11.9. The molecule has 0 heterocycles. The van der Waals surface area contributed by atoms with Gasteiger partial charge in [-0.1, -0.05) is 36.2 Å². The third-order valence-electron chi connectivity index (χ3n) is 2.71. The second kappa shape index (κ2) is 8.08. The first-order valence-corrected chi connectivity index (χ1v) is 6.95. The van der Waals surface area contributed by atoms with Crippen molar-refractivity contribution in [3.8, 4) is 0 Å². The molecular formula is C14H21Cl3N2O. The van der Waals surface area contributed by atoms with Gasteiger partial charge in [0.05, 0.1) is 0 Å². The van der Waals surface area contributed by atoms with Crippen LogP contribution in [0.1, 0.15) is 26.3 Å². The summed E-state index contributed by atoms with van der Waals surface area (Å²) in [5, 5.41) is 4.02. The molecule has 0 fully saturated rings. The zero-order chi connectivity index (χ0) is 14.6. The highest BCUT2D eigenvalue weighted by Crippen LogP contribution is 2.23. The van der Waals surface area contributed by atoms with Gasteiger partial charge in [-0.15, -0.1) is 12.4 Å². The molecular weight excluding hydrogens is 319 g/mol. The summed E-state index contributed by atoms with van der Waals surface area (Å²) in [5.74, 6) is -0.189. The first kappa shape index (κ1) is 19.5. The Morgan fingerprint density at radius 1 is 1.40 bits per heavy atom. The Kier molecular flexibility index (Phi) is 7.89. The maximum absolute atomic E-state index is 11.9. The van der Waals surface area contributed by atoms with Crippen LogP contribution in [-0.2, 0) is 11.2 Å². The predicted octanol–water partition coefficient (Wildman–Crippen LogP) is 3.45. The van der Waals surface area contributed by atoms with E-state index in [1.165, 1.54) is 0 Å². The summed E-state index contributed by atoms with van der Waals surface area (Å²) in [4.78, 5) is 11.9. The lowest BCUT2D eigenvalue weighted by atomic mass is 9.99. The first-order chi connectivity index (χ1) is 8.69. The van der Waals surface area contributed by atoms with Crippen molar-refractivity contribution in [1.29, 1.82) is 0 Å². The fourth-order valence-corrected chi connectivity index (χ4v) is 2.08. The number of hydrogen-bond acceptors (Lipinski definition) is 2. The van der Waals surface area contributed by atoms with Crippen LogP contribution in [-0.4, -0.2) is 18.0 Å². The molecule has 0 saturated carbocycles. The van der Waals surface area contributed by atoms with Gasteiger partial charge in [-0.3, -0.25) is 4.79 Å². The minimum absolute atomic E-state index is 0. The summed E-state index contributed by atoms with van der Waals surface area (Å²) in [6, 6.07) is 5.31. The molecule has 0 aliphatic heterocycles. The van der Waals surface area contributed by atoms with E-state index >= 15 is 0 Å². The number of amides is 1. The molecule has 1 amide bonds. The minimum atomic E-state index is -0.409. The van der Waals surface area contributed by atoms with Crippen LogP contribution in [0.3, 0.4) is 0 Å². The molecule has 114 valence electrons. The van der Waals surface area contributed by atoms with Crippen molar-refractivity contribution in [3.63, 3.8) is 0 Å². The molecule has 1 rings (SSSR count). The van der Waals surface area contributed by atoms with Crippen molar-refractivity contribution in [3.05, 3.63) is 33.8 Å². The van der Waals surface area contributed by atoms with Gasteiger partial charge in [0.25, 0.3) is 0 Å². The van der Waals surface area contributed by atoms with Crippen molar-refractivity contribution in [1.82, 2.24) is 5.32 Å². The second-order valence-corrected chi connectivity index (χ2v) is 6.39. The Labute approximate surface area is 136 Å². The molecule has 0 aromatic heterocycles. The number of nitrogens with one attached hydrogen (secondary N) is 1. The summed E-state index contributed by atoms with van der Waals surface area (Å²) < 4.78 is 0. The van der Waals surface area contributed by atoms with E-state index in [0.717, 1.165) is 5.56 Å². The summed E-state index contributed by atoms with van der Waals surface area (Å²) in [5.41, 5.74) is 6.33. The summed E-state index contributed by atoms with van der Waals surface area (Å²) >= 11 is 11.9. The van der Waals surface area contributed by atoms with Gasteiger partial charge in [-0.2, -0.15) is 0 Å². The average Bonchev–Trinajstić information content (AvgIpc) is 2.28. The number of halogens is 3. The van der Waals surface area contributed by atoms with Crippen LogP contribution in [0.2, 0.25) is 10.0 Å². The van der Waals surface area contributed by atoms with Gasteiger partial charge in [0.2, 0.25) is 5.91 Å². The van der Waals surface area contributed by atoms with E-state index in [9.17, 15) is 4.79 Å². The quantitative estimate of drug-likeness (QED) is 0.863. The normalized spacial score (nSPS) is 12.5. The number of benzene rings is 1. The number of carbonyl (C=O) groups excluding carboxylic acids is 1. The van der Waals surface area contributed by atoms with Crippen molar-refractivity contribution >= 4 is 41.5 Å². The maximum Gasteiger partial charge on any atom is 0.223 e. The van der Waals surface area contributed by atoms with Crippen molar-refractivity contribution < 1.29 is 4.79 Å². The van der Waals surface area contributed by atoms with Crippen molar-refractivity contribution in [2.45, 2.75) is 32.7 Å². The van der Waals surface area contributed by atoms with Gasteiger partial charge >= 0.3 is 0 Å². The van der Waals surface area contributed by atoms with E-state index in [2.05, 4.69) is 5.32 Å². The Hall–Kier alpha value is -0.480. The van der Waals surface area contributed by atoms with Crippen LogP contribution >= 0.6 is 35.6 Å². The Morgan fingerprint density at radius 2 is 2.00 bits per heavy atom. The number of hydrogen-bond donors (Lipinski definition) is 2. The summed E-state index contributed by atoms with van der Waals surface area (Å²) in [7, 11) is 0. The van der Waals surface area contributed by atoms with Gasteiger partial charge in [-0.25, -0.2) is 0 Å². The molecule has 0 radical (unpaired) electrons. The Balaban J connectivity index is 0.00000361. The molecule has 1 aromatic rings. The van der Waals surface area contributed by atoms with E-state index < -0.39 is 5.54 Å². The minimum Gasteiger partial charge on any atom is -0.354 e. The molecule has 0 saturated heterocycles. The lowest BCUT2D eigenvalue weighted by Crippen LogP contribution is -2.46. The standard InChI is InChI=1S/C14H20Cl2N2O.ClH/c1-9(13(19)18-8-14(2,3)17)6-10-4-5-11(15)7-12(10)16;/h4-5,7,9H,6,8,17H2,1-3H3,(H,18,19);1H. The number of carbonyl (C=O) groups is 1. The van der Waals surface area contributed by atoms with Crippen LogP contribution in [0.15, 0.2) is 18.2 Å². The number of rotatable bonds is 5. The van der Waals surface area contributed by atoms with E-state index in [-0.39, 0.29) is 24.2 Å². The molecule has 1 aromatic carbocycles. The first-order valence-electron chi connectivity index (χ1n) is 6.19. The van der Waals surface area contributed by atoms with Crippen molar-refractivity contribution in [2.24, 2.45) is 11.7 Å². The van der Waals surface area contributed by atoms with E-state index in [4.69, 9.17) is 28.9 Å². The van der Waals surface area contributed by atoms with Crippen LogP contribution in [0.5, 0.6) is 0 Å². The van der Waals surface area contributed by atoms with Gasteiger partial charge < -0.3 is 11.1 Å². The van der Waals surface area contributed by atoms with Gasteiger partial charge in [0.1, 0.15) is 0 Å². The smallest absolute Gasteiger partial charge is 0.223 e. The monoisotopic (exact) mass is 338 g/mol. The molecule has 0 bridgehead atoms. The Morgan fingerprint density at radius 3 is 2.50 bits per heavy atom. The lowest BCUT2D eigenvalue weighted by Gasteiger charge is -2.21. The third-order valence-corrected chi connectivity index (χ3v) is 3.29. The average molecular weight is 340 g/mol. The number of nitrogens with two attached hydrogens (primary N) is 1. The third kappa shape index (κ3) is 6.80. The largest absolute Gasteiger partial charge is 0.354 e. The lowest BCUT2D eigenvalue weighted by molar-refractivity contribution is -0.124. The highest BCUT2D eigenvalue weighted by atomic mass is 35.5. The Bertz CT molecular complexity index is 458. The topological polar surface area (TPSA) is 55.1 Å². The van der Waals surface area contributed by atoms with Crippen molar-refractivity contribution in [2.75, 3.05) is 6.54 Å². The molecule has 0 aliphatic rings. The molecule has 0 spiro atoms. The van der Waals surface area contributed by atoms with Crippen LogP contribution in [0.25, 0.3) is 0 Å². The molecule has 1 atom stereocenters. The fourth-order valence-electron chi connectivity index (χ4n) is 1.60. The van der Waals surface area contributed by atoms with Gasteiger partial charge in [0, 0.05) is 28.0 Å². The highest BCUT2D eigenvalue weighted by molar-refractivity contribution is 6.35.